The predicted octanol–water partition coefficient (Wildman–Crippen LogP) is 2.77. The zero-order valence-electron chi connectivity index (χ0n) is 16.5. The summed E-state index contributed by atoms with van der Waals surface area (Å²) in [6.07, 6.45) is 0.666. The van der Waals surface area contributed by atoms with Crippen LogP contribution in [0.25, 0.3) is 10.1 Å². The highest BCUT2D eigenvalue weighted by atomic mass is 32.1. The van der Waals surface area contributed by atoms with Gasteiger partial charge in [-0.05, 0) is 19.0 Å². The number of nitrogens with two attached hydrogens (primary N) is 1. The zero-order chi connectivity index (χ0) is 21.4. The van der Waals surface area contributed by atoms with E-state index in [0.717, 1.165) is 0 Å². The van der Waals surface area contributed by atoms with Crippen molar-refractivity contribution >= 4 is 38.9 Å². The highest BCUT2D eigenvalue weighted by molar-refractivity contribution is 7.21. The van der Waals surface area contributed by atoms with Gasteiger partial charge in [0.15, 0.2) is 11.6 Å². The lowest BCUT2D eigenvalue weighted by Crippen LogP contribution is -2.25. The van der Waals surface area contributed by atoms with Crippen molar-refractivity contribution in [2.24, 2.45) is 5.73 Å². The molecular weight excluding hydrogens is 404 g/mol. The summed E-state index contributed by atoms with van der Waals surface area (Å²) in [5.74, 6) is -0.324. The molecule has 3 aromatic rings. The Hall–Kier alpha value is -3.23. The number of hydrogen-bond donors (Lipinski definition) is 2. The van der Waals surface area contributed by atoms with E-state index in [1.54, 1.807) is 30.3 Å². The smallest absolute Gasteiger partial charge is 0.261 e. The third-order valence-corrected chi connectivity index (χ3v) is 6.19. The van der Waals surface area contributed by atoms with Crippen LogP contribution in [0.4, 0.5) is 0 Å². The summed E-state index contributed by atoms with van der Waals surface area (Å²) in [5, 5.41) is 3.37. The van der Waals surface area contributed by atoms with Gasteiger partial charge < -0.3 is 20.5 Å². The summed E-state index contributed by atoms with van der Waals surface area (Å²) in [7, 11) is 2.89. The van der Waals surface area contributed by atoms with Crippen molar-refractivity contribution < 1.29 is 23.9 Å². The maximum Gasteiger partial charge on any atom is 0.261 e. The van der Waals surface area contributed by atoms with E-state index in [1.165, 1.54) is 25.6 Å². The molecule has 0 radical (unpaired) electrons. The predicted molar refractivity (Wildman–Crippen MR) is 114 cm³/mol. The molecule has 1 aromatic heterocycles. The zero-order valence-corrected chi connectivity index (χ0v) is 17.4. The van der Waals surface area contributed by atoms with E-state index in [1.807, 2.05) is 0 Å². The molecule has 30 heavy (non-hydrogen) atoms. The molecule has 0 unspecified atom stereocenters. The van der Waals surface area contributed by atoms with E-state index in [0.29, 0.717) is 45.6 Å². The SMILES string of the molecule is COc1c2c(c(OC)c3sc(C(=O)NCCCN)cc13)C(=O)c1ccccc1C2=O. The molecule has 0 saturated heterocycles. The highest BCUT2D eigenvalue weighted by Gasteiger charge is 2.37. The summed E-state index contributed by atoms with van der Waals surface area (Å²) < 4.78 is 11.7. The number of nitrogens with one attached hydrogen (secondary N) is 1. The maximum absolute atomic E-state index is 13.3. The minimum atomic E-state index is -0.308. The Labute approximate surface area is 176 Å². The number of benzene rings is 2. The van der Waals surface area contributed by atoms with Crippen LogP contribution in [0.1, 0.15) is 47.9 Å². The van der Waals surface area contributed by atoms with Gasteiger partial charge in [0.25, 0.3) is 5.91 Å². The molecule has 3 N–H and O–H groups in total. The quantitative estimate of drug-likeness (QED) is 0.461. The summed E-state index contributed by atoms with van der Waals surface area (Å²) in [4.78, 5) is 39.6. The van der Waals surface area contributed by atoms with Gasteiger partial charge in [-0.1, -0.05) is 24.3 Å². The van der Waals surface area contributed by atoms with Gasteiger partial charge >= 0.3 is 0 Å². The van der Waals surface area contributed by atoms with Gasteiger partial charge in [-0.25, -0.2) is 0 Å². The molecule has 0 spiro atoms. The third-order valence-electron chi connectivity index (χ3n) is 5.06. The standard InChI is InChI=1S/C22H20N2O5S/c1-28-19-13-10-14(22(27)24-9-5-8-23)30-21(13)20(29-2)16-15(19)17(25)11-6-3-4-7-12(11)18(16)26/h3-4,6-7,10H,5,8-9,23H2,1-2H3,(H,24,27). The van der Waals surface area contributed by atoms with Gasteiger partial charge in [0.1, 0.15) is 11.5 Å². The second kappa shape index (κ2) is 7.89. The van der Waals surface area contributed by atoms with Crippen LogP contribution in [-0.4, -0.2) is 44.8 Å². The first kappa shape index (κ1) is 20.1. The van der Waals surface area contributed by atoms with E-state index < -0.39 is 0 Å². The number of ketones is 2. The van der Waals surface area contributed by atoms with Crippen LogP contribution in [-0.2, 0) is 0 Å². The van der Waals surface area contributed by atoms with Gasteiger partial charge in [-0.15, -0.1) is 11.3 Å². The second-order valence-electron chi connectivity index (χ2n) is 6.77. The summed E-state index contributed by atoms with van der Waals surface area (Å²) in [6.45, 7) is 0.937. The van der Waals surface area contributed by atoms with Crippen LogP contribution in [0.2, 0.25) is 0 Å². The number of ether oxygens (including phenoxy) is 2. The van der Waals surface area contributed by atoms with Crippen molar-refractivity contribution in [2.45, 2.75) is 6.42 Å². The molecular formula is C22H20N2O5S. The van der Waals surface area contributed by atoms with Crippen LogP contribution in [0.3, 0.4) is 0 Å². The Morgan fingerprint density at radius 2 is 1.63 bits per heavy atom. The lowest BCUT2D eigenvalue weighted by Gasteiger charge is -2.22. The van der Waals surface area contributed by atoms with Gasteiger partial charge in [0.05, 0.1) is 34.9 Å². The third kappa shape index (κ3) is 2.96. The molecule has 0 fully saturated rings. The fourth-order valence-electron chi connectivity index (χ4n) is 3.70. The molecule has 1 amide bonds. The Morgan fingerprint density at radius 1 is 1.03 bits per heavy atom. The minimum absolute atomic E-state index is 0.165. The Kier molecular flexibility index (Phi) is 5.27. The largest absolute Gasteiger partial charge is 0.495 e. The van der Waals surface area contributed by atoms with Crippen molar-refractivity contribution in [1.82, 2.24) is 5.32 Å². The summed E-state index contributed by atoms with van der Waals surface area (Å²) in [6, 6.07) is 8.34. The molecule has 1 aliphatic rings. The molecule has 8 heteroatoms. The molecule has 4 rings (SSSR count). The molecule has 0 atom stereocenters. The number of thiophene rings is 1. The molecule has 0 aliphatic heterocycles. The van der Waals surface area contributed by atoms with Crippen LogP contribution in [0.5, 0.6) is 11.5 Å². The summed E-state index contributed by atoms with van der Waals surface area (Å²) >= 11 is 1.19. The van der Waals surface area contributed by atoms with Crippen molar-refractivity contribution in [2.75, 3.05) is 27.3 Å². The van der Waals surface area contributed by atoms with E-state index in [4.69, 9.17) is 15.2 Å². The molecule has 1 aliphatic carbocycles. The van der Waals surface area contributed by atoms with Gasteiger partial charge in [0.2, 0.25) is 0 Å². The van der Waals surface area contributed by atoms with Crippen LogP contribution >= 0.6 is 11.3 Å². The van der Waals surface area contributed by atoms with Crippen LogP contribution in [0.15, 0.2) is 30.3 Å². The molecule has 154 valence electrons. The van der Waals surface area contributed by atoms with Gasteiger partial charge in [0, 0.05) is 23.1 Å². The molecule has 0 saturated carbocycles. The fourth-order valence-corrected chi connectivity index (χ4v) is 4.80. The number of methoxy groups -OCH3 is 2. The first-order chi connectivity index (χ1) is 14.5. The summed E-state index contributed by atoms with van der Waals surface area (Å²) in [5.41, 5.74) is 6.46. The fraction of sp³-hybridized carbons (Fsp3) is 0.227. The Balaban J connectivity index is 1.96. The Bertz CT molecular complexity index is 1120. The van der Waals surface area contributed by atoms with Crippen molar-refractivity contribution in [3.8, 4) is 11.5 Å². The topological polar surface area (TPSA) is 108 Å². The van der Waals surface area contributed by atoms with E-state index in [2.05, 4.69) is 5.32 Å². The van der Waals surface area contributed by atoms with Gasteiger partial charge in [-0.3, -0.25) is 14.4 Å². The lowest BCUT2D eigenvalue weighted by atomic mass is 9.82. The average molecular weight is 424 g/mol. The van der Waals surface area contributed by atoms with Crippen LogP contribution < -0.4 is 20.5 Å². The van der Waals surface area contributed by atoms with Crippen molar-refractivity contribution in [1.29, 1.82) is 0 Å². The number of fused-ring (bicyclic) bond motifs is 3. The molecule has 7 nitrogen and oxygen atoms in total. The molecule has 1 heterocycles. The number of amides is 1. The minimum Gasteiger partial charge on any atom is -0.495 e. The first-order valence-electron chi connectivity index (χ1n) is 9.41. The number of carbonyl (C=O) groups excluding carboxylic acids is 3. The Morgan fingerprint density at radius 3 is 2.20 bits per heavy atom. The highest BCUT2D eigenvalue weighted by Crippen LogP contribution is 2.48. The monoisotopic (exact) mass is 424 g/mol. The van der Waals surface area contributed by atoms with Crippen molar-refractivity contribution in [3.05, 3.63) is 57.5 Å². The normalized spacial score (nSPS) is 12.5. The van der Waals surface area contributed by atoms with E-state index in [9.17, 15) is 14.4 Å². The maximum atomic E-state index is 13.3. The first-order valence-corrected chi connectivity index (χ1v) is 10.2. The number of rotatable bonds is 6. The van der Waals surface area contributed by atoms with E-state index in [-0.39, 0.29) is 40.1 Å². The molecule has 0 bridgehead atoms. The number of hydrogen-bond acceptors (Lipinski definition) is 7. The molecule has 2 aromatic carbocycles. The number of carbonyl (C=O) groups is 3. The van der Waals surface area contributed by atoms with Gasteiger partial charge in [-0.2, -0.15) is 0 Å². The lowest BCUT2D eigenvalue weighted by molar-refractivity contribution is 0.0956. The average Bonchev–Trinajstić information content (AvgIpc) is 3.21. The van der Waals surface area contributed by atoms with E-state index >= 15 is 0 Å². The van der Waals surface area contributed by atoms with Crippen molar-refractivity contribution in [3.63, 3.8) is 0 Å². The second-order valence-corrected chi connectivity index (χ2v) is 7.82. The van der Waals surface area contributed by atoms with Crippen LogP contribution in [0, 0.1) is 0 Å².